The Labute approximate surface area is 242 Å². The van der Waals surface area contributed by atoms with Gasteiger partial charge in [0.1, 0.15) is 23.0 Å². The van der Waals surface area contributed by atoms with Gasteiger partial charge in [-0.1, -0.05) is 22.0 Å². The summed E-state index contributed by atoms with van der Waals surface area (Å²) >= 11 is 3.46. The summed E-state index contributed by atoms with van der Waals surface area (Å²) in [7, 11) is -3.65. The number of hydrogen-bond acceptors (Lipinski definition) is 7. The number of hydrogen-bond donors (Lipinski definition) is 2. The van der Waals surface area contributed by atoms with E-state index >= 15 is 4.39 Å². The Balaban J connectivity index is 1.52. The van der Waals surface area contributed by atoms with Crippen molar-refractivity contribution in [3.63, 3.8) is 0 Å². The number of aromatic nitrogens is 4. The Morgan fingerprint density at radius 3 is 2.54 bits per heavy atom. The van der Waals surface area contributed by atoms with Crippen molar-refractivity contribution in [2.24, 2.45) is 0 Å². The zero-order valence-corrected chi connectivity index (χ0v) is 24.3. The highest BCUT2D eigenvalue weighted by molar-refractivity contribution is 9.10. The van der Waals surface area contributed by atoms with Gasteiger partial charge in [-0.2, -0.15) is 8.78 Å². The van der Waals surface area contributed by atoms with Crippen LogP contribution in [-0.4, -0.2) is 44.9 Å². The molecule has 3 heterocycles. The van der Waals surface area contributed by atoms with Crippen molar-refractivity contribution in [1.82, 2.24) is 24.2 Å². The topological polar surface area (TPSA) is 119 Å². The van der Waals surface area contributed by atoms with E-state index in [9.17, 15) is 22.3 Å². The molecule has 41 heavy (non-hydrogen) atoms. The van der Waals surface area contributed by atoms with Crippen molar-refractivity contribution in [1.29, 1.82) is 0 Å². The molecule has 2 aromatic carbocycles. The second kappa shape index (κ2) is 10.0. The summed E-state index contributed by atoms with van der Waals surface area (Å²) in [5, 5.41) is 9.69. The maximum atomic E-state index is 15.4. The summed E-state index contributed by atoms with van der Waals surface area (Å²) in [6.45, 7) is -0.0158. The summed E-state index contributed by atoms with van der Waals surface area (Å²) in [4.78, 5) is 13.0. The highest BCUT2D eigenvalue weighted by Gasteiger charge is 2.43. The number of ether oxygens (including phenoxy) is 1. The van der Waals surface area contributed by atoms with Crippen LogP contribution in [0.3, 0.4) is 0 Å². The number of benzene rings is 2. The van der Waals surface area contributed by atoms with Crippen LogP contribution in [-0.2, 0) is 15.6 Å². The zero-order valence-electron chi connectivity index (χ0n) is 21.9. The number of imidazole rings is 1. The summed E-state index contributed by atoms with van der Waals surface area (Å²) < 4.78 is 77.8. The molecular weight excluding hydrogens is 627 g/mol. The summed E-state index contributed by atoms with van der Waals surface area (Å²) in [5.74, 6) is -0.184. The van der Waals surface area contributed by atoms with Crippen LogP contribution in [0.5, 0.6) is 5.75 Å². The summed E-state index contributed by atoms with van der Waals surface area (Å²) in [5.41, 5.74) is 0.310. The van der Waals surface area contributed by atoms with E-state index in [1.165, 1.54) is 38.4 Å². The first-order chi connectivity index (χ1) is 19.3. The van der Waals surface area contributed by atoms with Crippen LogP contribution in [0, 0.1) is 5.82 Å². The van der Waals surface area contributed by atoms with E-state index in [1.54, 1.807) is 22.8 Å². The summed E-state index contributed by atoms with van der Waals surface area (Å²) in [6.07, 6.45) is 4.09. The van der Waals surface area contributed by atoms with Crippen molar-refractivity contribution in [2.75, 3.05) is 0 Å². The predicted molar refractivity (Wildman–Crippen MR) is 147 cm³/mol. The molecule has 0 amide bonds. The third-order valence-corrected chi connectivity index (χ3v) is 9.88. The van der Waals surface area contributed by atoms with E-state index in [2.05, 4.69) is 35.6 Å². The first kappa shape index (κ1) is 28.1. The minimum absolute atomic E-state index is 0.0733. The van der Waals surface area contributed by atoms with Gasteiger partial charge in [-0.15, -0.1) is 0 Å². The Hall–Kier alpha value is -3.07. The maximum Gasteiger partial charge on any atom is 0.387 e. The highest BCUT2D eigenvalue weighted by atomic mass is 79.9. The molecule has 4 aromatic rings. The minimum Gasteiger partial charge on any atom is -0.434 e. The van der Waals surface area contributed by atoms with Crippen molar-refractivity contribution in [2.45, 2.75) is 62.7 Å². The molecule has 1 aliphatic heterocycles. The van der Waals surface area contributed by atoms with E-state index in [1.807, 2.05) is 0 Å². The molecule has 1 saturated carbocycles. The number of aliphatic hydroxyl groups is 1. The van der Waals surface area contributed by atoms with Gasteiger partial charge in [-0.3, -0.25) is 0 Å². The maximum absolute atomic E-state index is 15.4. The van der Waals surface area contributed by atoms with Gasteiger partial charge in [0.25, 0.3) is 0 Å². The third-order valence-electron chi connectivity index (χ3n) is 7.23. The van der Waals surface area contributed by atoms with E-state index < -0.39 is 45.4 Å². The Kier molecular flexibility index (Phi) is 6.87. The van der Waals surface area contributed by atoms with E-state index in [0.717, 1.165) is 0 Å². The molecule has 2 N–H and O–H groups in total. The van der Waals surface area contributed by atoms with Crippen molar-refractivity contribution < 1.29 is 31.4 Å². The molecule has 0 spiro atoms. The van der Waals surface area contributed by atoms with Gasteiger partial charge >= 0.3 is 6.61 Å². The molecule has 2 aliphatic rings. The molecule has 2 atom stereocenters. The molecule has 6 rings (SSSR count). The number of rotatable bonds is 8. The van der Waals surface area contributed by atoms with E-state index in [0.29, 0.717) is 39.8 Å². The number of nitrogens with one attached hydrogen (secondary N) is 1. The average Bonchev–Trinajstić information content (AvgIpc) is 3.62. The fourth-order valence-corrected chi connectivity index (χ4v) is 7.37. The quantitative estimate of drug-likeness (QED) is 0.264. The van der Waals surface area contributed by atoms with Gasteiger partial charge in [0, 0.05) is 39.6 Å². The number of sulfonamides is 1. The normalized spacial score (nSPS) is 19.2. The predicted octanol–water partition coefficient (Wildman–Crippen LogP) is 5.34. The van der Waals surface area contributed by atoms with Crippen LogP contribution >= 0.6 is 15.9 Å². The van der Waals surface area contributed by atoms with Gasteiger partial charge in [0.15, 0.2) is 5.82 Å². The van der Waals surface area contributed by atoms with Crippen LogP contribution in [0.25, 0.3) is 22.2 Å². The molecule has 9 nitrogen and oxygen atoms in total. The SMILES string of the molecule is CC(C)(O)c1ncc(-c2cc3c(cc2F)nc2n3[C@@H](c3c(Br)cccc3OC(F)F)C[C@H]2NS(=O)(=O)C2CC2)cn1. The molecule has 0 saturated heterocycles. The fraction of sp³-hybridized carbons (Fsp3) is 0.370. The lowest BCUT2D eigenvalue weighted by atomic mass is 10.0. The molecule has 14 heteroatoms. The molecule has 0 radical (unpaired) electrons. The number of alkyl halides is 2. The molecule has 216 valence electrons. The fourth-order valence-electron chi connectivity index (χ4n) is 5.21. The van der Waals surface area contributed by atoms with Gasteiger partial charge < -0.3 is 14.4 Å². The second-order valence-electron chi connectivity index (χ2n) is 10.7. The Morgan fingerprint density at radius 2 is 1.90 bits per heavy atom. The lowest BCUT2D eigenvalue weighted by Gasteiger charge is -2.21. The number of fused-ring (bicyclic) bond motifs is 3. The lowest BCUT2D eigenvalue weighted by molar-refractivity contribution is -0.0507. The van der Waals surface area contributed by atoms with Gasteiger partial charge in [0.05, 0.1) is 28.4 Å². The van der Waals surface area contributed by atoms with E-state index in [4.69, 9.17) is 4.74 Å². The first-order valence-corrected chi connectivity index (χ1v) is 15.2. The average molecular weight is 652 g/mol. The Bertz CT molecular complexity index is 1760. The number of halogens is 4. The van der Waals surface area contributed by atoms with Crippen LogP contribution in [0.1, 0.15) is 62.4 Å². The van der Waals surface area contributed by atoms with Crippen molar-refractivity contribution in [3.8, 4) is 16.9 Å². The van der Waals surface area contributed by atoms with Crippen LogP contribution in [0.15, 0.2) is 47.2 Å². The standard InChI is InChI=1S/C27H25BrF3N5O4S/c1-27(2,37)25-32-11-13(12-33-25)15-8-20-18(9-17(15)29)34-24-19(35-41(38,39)14-6-7-14)10-21(36(20)24)23-16(28)4-3-5-22(23)40-26(30)31/h3-5,8-9,11-12,14,19,21,26,35,37H,6-7,10H2,1-2H3/t19-,21-/m1/s1. The molecule has 1 fully saturated rings. The van der Waals surface area contributed by atoms with Gasteiger partial charge in [-0.05, 0) is 51.3 Å². The van der Waals surface area contributed by atoms with Gasteiger partial charge in [-0.25, -0.2) is 32.5 Å². The highest BCUT2D eigenvalue weighted by Crippen LogP contribution is 2.48. The largest absolute Gasteiger partial charge is 0.434 e. The van der Waals surface area contributed by atoms with E-state index in [-0.39, 0.29) is 29.1 Å². The second-order valence-corrected chi connectivity index (χ2v) is 13.6. The molecule has 0 bridgehead atoms. The third kappa shape index (κ3) is 5.22. The van der Waals surface area contributed by atoms with Crippen LogP contribution < -0.4 is 9.46 Å². The molecular formula is C27H25BrF3N5O4S. The van der Waals surface area contributed by atoms with Crippen molar-refractivity contribution in [3.05, 3.63) is 70.2 Å². The molecule has 1 aliphatic carbocycles. The Morgan fingerprint density at radius 1 is 1.20 bits per heavy atom. The minimum atomic E-state index is -3.65. The summed E-state index contributed by atoms with van der Waals surface area (Å²) in [6, 6.07) is 5.98. The number of nitrogens with zero attached hydrogens (tertiary/aromatic N) is 4. The van der Waals surface area contributed by atoms with Crippen molar-refractivity contribution >= 4 is 37.0 Å². The lowest BCUT2D eigenvalue weighted by Crippen LogP contribution is -2.30. The van der Waals surface area contributed by atoms with Gasteiger partial charge in [0.2, 0.25) is 10.0 Å². The van der Waals surface area contributed by atoms with Crippen LogP contribution in [0.2, 0.25) is 0 Å². The first-order valence-electron chi connectivity index (χ1n) is 12.8. The monoisotopic (exact) mass is 651 g/mol. The molecule has 0 unspecified atom stereocenters. The molecule has 2 aromatic heterocycles. The zero-order chi connectivity index (χ0) is 29.3. The smallest absolute Gasteiger partial charge is 0.387 e. The van der Waals surface area contributed by atoms with Crippen LogP contribution in [0.4, 0.5) is 13.2 Å².